The van der Waals surface area contributed by atoms with Crippen LogP contribution in [0.3, 0.4) is 0 Å². The van der Waals surface area contributed by atoms with Gasteiger partial charge in [0.25, 0.3) is 11.8 Å². The Kier molecular flexibility index (Phi) is 7.58. The summed E-state index contributed by atoms with van der Waals surface area (Å²) in [6.07, 6.45) is 0. The number of amides is 3. The van der Waals surface area contributed by atoms with Gasteiger partial charge in [-0.3, -0.25) is 14.4 Å². The molecule has 0 heterocycles. The third-order valence-electron chi connectivity index (χ3n) is 3.94. The number of hydrogen-bond donors (Lipinski definition) is 4. The SMILES string of the molecule is CC(C)NC(=O)c1ccc(NC(=O)CNc2ccc(C(=O)NC(C)(C)C)cc2)cc1. The molecule has 0 aliphatic rings. The Labute approximate surface area is 177 Å². The van der Waals surface area contributed by atoms with Gasteiger partial charge in [0.05, 0.1) is 6.54 Å². The molecule has 0 aliphatic heterocycles. The Hall–Kier alpha value is -3.35. The summed E-state index contributed by atoms with van der Waals surface area (Å²) in [7, 11) is 0. The summed E-state index contributed by atoms with van der Waals surface area (Å²) >= 11 is 0. The average molecular weight is 411 g/mol. The Morgan fingerprint density at radius 1 is 0.800 bits per heavy atom. The smallest absolute Gasteiger partial charge is 0.251 e. The fraction of sp³-hybridized carbons (Fsp3) is 0.348. The van der Waals surface area contributed by atoms with Crippen molar-refractivity contribution in [3.05, 3.63) is 59.7 Å². The lowest BCUT2D eigenvalue weighted by atomic mass is 10.1. The molecule has 0 saturated heterocycles. The highest BCUT2D eigenvalue weighted by Gasteiger charge is 2.15. The van der Waals surface area contributed by atoms with Crippen LogP contribution in [0.1, 0.15) is 55.3 Å². The van der Waals surface area contributed by atoms with Crippen LogP contribution in [0.15, 0.2) is 48.5 Å². The molecule has 0 radical (unpaired) electrons. The highest BCUT2D eigenvalue weighted by molar-refractivity contribution is 5.97. The fourth-order valence-corrected chi connectivity index (χ4v) is 2.59. The van der Waals surface area contributed by atoms with Crippen LogP contribution in [0.2, 0.25) is 0 Å². The van der Waals surface area contributed by atoms with E-state index in [1.807, 2.05) is 34.6 Å². The Bertz CT molecular complexity index is 882. The highest BCUT2D eigenvalue weighted by atomic mass is 16.2. The first-order valence-corrected chi connectivity index (χ1v) is 9.91. The fourth-order valence-electron chi connectivity index (χ4n) is 2.59. The molecule has 0 saturated carbocycles. The zero-order valence-corrected chi connectivity index (χ0v) is 18.1. The summed E-state index contributed by atoms with van der Waals surface area (Å²) in [5.74, 6) is -0.509. The molecular formula is C23H30N4O3. The van der Waals surface area contributed by atoms with Crippen molar-refractivity contribution in [2.45, 2.75) is 46.2 Å². The van der Waals surface area contributed by atoms with Gasteiger partial charge < -0.3 is 21.3 Å². The molecular weight excluding hydrogens is 380 g/mol. The van der Waals surface area contributed by atoms with Crippen LogP contribution in [0.4, 0.5) is 11.4 Å². The maximum atomic E-state index is 12.2. The van der Waals surface area contributed by atoms with Gasteiger partial charge in [0.1, 0.15) is 0 Å². The molecule has 0 bridgehead atoms. The van der Waals surface area contributed by atoms with Crippen LogP contribution >= 0.6 is 0 Å². The number of hydrogen-bond acceptors (Lipinski definition) is 4. The van der Waals surface area contributed by atoms with E-state index in [1.165, 1.54) is 0 Å². The molecule has 0 aromatic heterocycles. The molecule has 2 rings (SSSR count). The van der Waals surface area contributed by atoms with Crippen molar-refractivity contribution in [1.82, 2.24) is 10.6 Å². The second-order valence-electron chi connectivity index (χ2n) is 8.39. The van der Waals surface area contributed by atoms with Gasteiger partial charge in [-0.2, -0.15) is 0 Å². The minimum Gasteiger partial charge on any atom is -0.376 e. The monoisotopic (exact) mass is 410 g/mol. The Morgan fingerprint density at radius 2 is 1.30 bits per heavy atom. The normalized spacial score (nSPS) is 11.0. The van der Waals surface area contributed by atoms with Crippen LogP contribution in [-0.2, 0) is 4.79 Å². The first-order chi connectivity index (χ1) is 14.0. The predicted octanol–water partition coefficient (Wildman–Crippen LogP) is 3.40. The number of anilines is 2. The molecule has 0 aliphatic carbocycles. The van der Waals surface area contributed by atoms with E-state index in [1.54, 1.807) is 48.5 Å². The number of carbonyl (C=O) groups excluding carboxylic acids is 3. The quantitative estimate of drug-likeness (QED) is 0.562. The molecule has 0 fully saturated rings. The molecule has 0 spiro atoms. The number of rotatable bonds is 7. The van der Waals surface area contributed by atoms with Crippen molar-refractivity contribution >= 4 is 29.1 Å². The van der Waals surface area contributed by atoms with Gasteiger partial charge in [-0.05, 0) is 83.1 Å². The number of nitrogens with one attached hydrogen (secondary N) is 4. The first kappa shape index (κ1) is 22.9. The molecule has 7 heteroatoms. The van der Waals surface area contributed by atoms with Gasteiger partial charge in [-0.15, -0.1) is 0 Å². The van der Waals surface area contributed by atoms with Gasteiger partial charge in [0.15, 0.2) is 0 Å². The van der Waals surface area contributed by atoms with Crippen molar-refractivity contribution in [1.29, 1.82) is 0 Å². The maximum Gasteiger partial charge on any atom is 0.251 e. The molecule has 4 N–H and O–H groups in total. The Morgan fingerprint density at radius 3 is 1.80 bits per heavy atom. The zero-order valence-electron chi connectivity index (χ0n) is 18.1. The lowest BCUT2D eigenvalue weighted by Crippen LogP contribution is -2.40. The molecule has 2 aromatic rings. The van der Waals surface area contributed by atoms with Crippen molar-refractivity contribution in [2.24, 2.45) is 0 Å². The topological polar surface area (TPSA) is 99.3 Å². The summed E-state index contributed by atoms with van der Waals surface area (Å²) in [5, 5.41) is 11.5. The summed E-state index contributed by atoms with van der Waals surface area (Å²) in [5.41, 5.74) is 2.13. The molecule has 0 unspecified atom stereocenters. The largest absolute Gasteiger partial charge is 0.376 e. The van der Waals surface area contributed by atoms with Crippen LogP contribution < -0.4 is 21.3 Å². The minimum atomic E-state index is -0.303. The number of benzene rings is 2. The molecule has 0 atom stereocenters. The van der Waals surface area contributed by atoms with Crippen molar-refractivity contribution in [3.63, 3.8) is 0 Å². The van der Waals surface area contributed by atoms with Gasteiger partial charge in [0.2, 0.25) is 5.91 Å². The third kappa shape index (κ3) is 7.58. The summed E-state index contributed by atoms with van der Waals surface area (Å²) in [4.78, 5) is 36.3. The van der Waals surface area contributed by atoms with E-state index in [9.17, 15) is 14.4 Å². The molecule has 2 aromatic carbocycles. The van der Waals surface area contributed by atoms with Crippen LogP contribution in [0, 0.1) is 0 Å². The summed E-state index contributed by atoms with van der Waals surface area (Å²) < 4.78 is 0. The second kappa shape index (κ2) is 9.91. The van der Waals surface area contributed by atoms with Crippen LogP contribution in [-0.4, -0.2) is 35.8 Å². The van der Waals surface area contributed by atoms with Crippen molar-refractivity contribution in [2.75, 3.05) is 17.2 Å². The lowest BCUT2D eigenvalue weighted by molar-refractivity contribution is -0.114. The molecule has 3 amide bonds. The summed E-state index contributed by atoms with van der Waals surface area (Å²) in [6, 6.07) is 13.7. The lowest BCUT2D eigenvalue weighted by Gasteiger charge is -2.20. The van der Waals surface area contributed by atoms with Gasteiger partial charge in [-0.25, -0.2) is 0 Å². The molecule has 160 valence electrons. The van der Waals surface area contributed by atoms with Gasteiger partial charge >= 0.3 is 0 Å². The van der Waals surface area contributed by atoms with E-state index in [2.05, 4.69) is 21.3 Å². The predicted molar refractivity (Wildman–Crippen MR) is 120 cm³/mol. The molecule has 7 nitrogen and oxygen atoms in total. The summed E-state index contributed by atoms with van der Waals surface area (Å²) in [6.45, 7) is 9.64. The van der Waals surface area contributed by atoms with E-state index in [0.29, 0.717) is 16.8 Å². The van der Waals surface area contributed by atoms with Gasteiger partial charge in [0, 0.05) is 34.1 Å². The minimum absolute atomic E-state index is 0.0601. The van der Waals surface area contributed by atoms with E-state index in [-0.39, 0.29) is 35.8 Å². The first-order valence-electron chi connectivity index (χ1n) is 9.91. The van der Waals surface area contributed by atoms with E-state index >= 15 is 0 Å². The molecule has 30 heavy (non-hydrogen) atoms. The second-order valence-corrected chi connectivity index (χ2v) is 8.39. The Balaban J connectivity index is 1.84. The van der Waals surface area contributed by atoms with E-state index in [4.69, 9.17) is 0 Å². The maximum absolute atomic E-state index is 12.2. The van der Waals surface area contributed by atoms with Crippen LogP contribution in [0.25, 0.3) is 0 Å². The van der Waals surface area contributed by atoms with Crippen molar-refractivity contribution in [3.8, 4) is 0 Å². The zero-order chi connectivity index (χ0) is 22.3. The number of carbonyl (C=O) groups is 3. The highest BCUT2D eigenvalue weighted by Crippen LogP contribution is 2.12. The standard InChI is InChI=1S/C23H30N4O3/c1-15(2)25-21(29)16-8-12-19(13-9-16)26-20(28)14-24-18-10-6-17(7-11-18)22(30)27-23(3,4)5/h6-13,15,24H,14H2,1-5H3,(H,25,29)(H,26,28)(H,27,30). The third-order valence-corrected chi connectivity index (χ3v) is 3.94. The van der Waals surface area contributed by atoms with E-state index < -0.39 is 0 Å². The van der Waals surface area contributed by atoms with E-state index in [0.717, 1.165) is 5.69 Å². The van der Waals surface area contributed by atoms with Crippen molar-refractivity contribution < 1.29 is 14.4 Å². The average Bonchev–Trinajstić information content (AvgIpc) is 2.65. The van der Waals surface area contributed by atoms with Crippen LogP contribution in [0.5, 0.6) is 0 Å². The van der Waals surface area contributed by atoms with Gasteiger partial charge in [-0.1, -0.05) is 0 Å².